The zero-order valence-corrected chi connectivity index (χ0v) is 10.2. The van der Waals surface area contributed by atoms with E-state index in [2.05, 4.69) is 10.3 Å². The van der Waals surface area contributed by atoms with Crippen molar-refractivity contribution in [1.82, 2.24) is 10.3 Å². The Morgan fingerprint density at radius 1 is 1.47 bits per heavy atom. The van der Waals surface area contributed by atoms with Crippen LogP contribution in [0.2, 0.25) is 5.02 Å². The lowest BCUT2D eigenvalue weighted by molar-refractivity contribution is 0.0939. The minimum atomic E-state index is -0.423. The molecule has 0 aliphatic rings. The Bertz CT molecular complexity index is 538. The van der Waals surface area contributed by atoms with E-state index in [1.807, 2.05) is 13.8 Å². The van der Waals surface area contributed by atoms with E-state index in [1.165, 1.54) is 12.1 Å². The van der Waals surface area contributed by atoms with E-state index < -0.39 is 5.82 Å². The number of halogens is 2. The van der Waals surface area contributed by atoms with Crippen LogP contribution >= 0.6 is 11.6 Å². The number of aromatic amines is 1. The van der Waals surface area contributed by atoms with Gasteiger partial charge in [0.15, 0.2) is 0 Å². The van der Waals surface area contributed by atoms with Crippen molar-refractivity contribution in [3.63, 3.8) is 0 Å². The Kier molecular flexibility index (Phi) is 3.07. The molecule has 1 aromatic heterocycles. The summed E-state index contributed by atoms with van der Waals surface area (Å²) in [7, 11) is 0. The van der Waals surface area contributed by atoms with Gasteiger partial charge >= 0.3 is 0 Å². The number of carbonyl (C=O) groups excluding carboxylic acids is 1. The number of nitrogens with one attached hydrogen (secondary N) is 2. The van der Waals surface area contributed by atoms with Gasteiger partial charge in [0, 0.05) is 11.4 Å². The predicted molar refractivity (Wildman–Crippen MR) is 65.9 cm³/mol. The SMILES string of the molecule is CC(C)NC(=O)c1cc2c(Cl)ccc(F)c2[nH]1. The zero-order chi connectivity index (χ0) is 12.6. The maximum absolute atomic E-state index is 13.5. The molecule has 90 valence electrons. The molecule has 5 heteroatoms. The highest BCUT2D eigenvalue weighted by Crippen LogP contribution is 2.26. The second-order valence-electron chi connectivity index (χ2n) is 4.13. The lowest BCUT2D eigenvalue weighted by Crippen LogP contribution is -2.30. The van der Waals surface area contributed by atoms with Crippen molar-refractivity contribution in [3.05, 3.63) is 34.7 Å². The number of hydrogen-bond acceptors (Lipinski definition) is 1. The number of hydrogen-bond donors (Lipinski definition) is 2. The number of aromatic nitrogens is 1. The average Bonchev–Trinajstić information content (AvgIpc) is 2.68. The molecule has 0 aliphatic heterocycles. The van der Waals surface area contributed by atoms with E-state index in [1.54, 1.807) is 6.07 Å². The van der Waals surface area contributed by atoms with E-state index in [9.17, 15) is 9.18 Å². The van der Waals surface area contributed by atoms with Gasteiger partial charge in [-0.2, -0.15) is 0 Å². The molecule has 2 N–H and O–H groups in total. The standard InChI is InChI=1S/C12H12ClFN2O/c1-6(2)15-12(17)10-5-7-8(13)3-4-9(14)11(7)16-10/h3-6,16H,1-2H3,(H,15,17). The highest BCUT2D eigenvalue weighted by atomic mass is 35.5. The summed E-state index contributed by atoms with van der Waals surface area (Å²) in [5, 5.41) is 3.66. The molecule has 0 saturated carbocycles. The fraction of sp³-hybridized carbons (Fsp3) is 0.250. The van der Waals surface area contributed by atoms with Crippen LogP contribution in [-0.4, -0.2) is 16.9 Å². The minimum absolute atomic E-state index is 0.0224. The van der Waals surface area contributed by atoms with Crippen molar-refractivity contribution >= 4 is 28.4 Å². The van der Waals surface area contributed by atoms with Crippen LogP contribution in [-0.2, 0) is 0 Å². The van der Waals surface area contributed by atoms with Crippen LogP contribution in [0.3, 0.4) is 0 Å². The van der Waals surface area contributed by atoms with E-state index in [-0.39, 0.29) is 17.5 Å². The van der Waals surface area contributed by atoms with Crippen LogP contribution < -0.4 is 5.32 Å². The number of benzene rings is 1. The minimum Gasteiger partial charge on any atom is -0.349 e. The second-order valence-corrected chi connectivity index (χ2v) is 4.54. The Morgan fingerprint density at radius 2 is 2.18 bits per heavy atom. The lowest BCUT2D eigenvalue weighted by Gasteiger charge is -2.05. The van der Waals surface area contributed by atoms with Crippen molar-refractivity contribution in [3.8, 4) is 0 Å². The maximum Gasteiger partial charge on any atom is 0.267 e. The van der Waals surface area contributed by atoms with Crippen LogP contribution in [0, 0.1) is 5.82 Å². The first-order chi connectivity index (χ1) is 7.99. The topological polar surface area (TPSA) is 44.9 Å². The molecule has 0 saturated heterocycles. The van der Waals surface area contributed by atoms with Crippen molar-refractivity contribution in [1.29, 1.82) is 0 Å². The van der Waals surface area contributed by atoms with Gasteiger partial charge in [-0.05, 0) is 32.0 Å². The highest BCUT2D eigenvalue weighted by Gasteiger charge is 2.14. The number of amides is 1. The molecule has 0 aliphatic carbocycles. The monoisotopic (exact) mass is 254 g/mol. The molecule has 17 heavy (non-hydrogen) atoms. The molecule has 3 nitrogen and oxygen atoms in total. The van der Waals surface area contributed by atoms with Gasteiger partial charge in [0.25, 0.3) is 5.91 Å². The molecular weight excluding hydrogens is 243 g/mol. The Labute approximate surface area is 103 Å². The van der Waals surface area contributed by atoms with Crippen LogP contribution in [0.5, 0.6) is 0 Å². The number of fused-ring (bicyclic) bond motifs is 1. The van der Waals surface area contributed by atoms with Gasteiger partial charge in [0.05, 0.1) is 10.5 Å². The highest BCUT2D eigenvalue weighted by molar-refractivity contribution is 6.35. The zero-order valence-electron chi connectivity index (χ0n) is 9.47. The van der Waals surface area contributed by atoms with E-state index in [4.69, 9.17) is 11.6 Å². The Balaban J connectivity index is 2.48. The predicted octanol–water partition coefficient (Wildman–Crippen LogP) is 3.10. The van der Waals surface area contributed by atoms with Crippen molar-refractivity contribution in [2.24, 2.45) is 0 Å². The summed E-state index contributed by atoms with van der Waals surface area (Å²) in [5.74, 6) is -0.695. The summed E-state index contributed by atoms with van der Waals surface area (Å²) in [4.78, 5) is 14.5. The Hall–Kier alpha value is -1.55. The molecule has 2 aromatic rings. The van der Waals surface area contributed by atoms with Gasteiger partial charge < -0.3 is 10.3 Å². The van der Waals surface area contributed by atoms with E-state index in [0.717, 1.165) is 0 Å². The van der Waals surface area contributed by atoms with Crippen LogP contribution in [0.15, 0.2) is 18.2 Å². The first-order valence-corrected chi connectivity index (χ1v) is 5.64. The van der Waals surface area contributed by atoms with Crippen molar-refractivity contribution in [2.75, 3.05) is 0 Å². The van der Waals surface area contributed by atoms with Gasteiger partial charge in [-0.15, -0.1) is 0 Å². The summed E-state index contributed by atoms with van der Waals surface area (Å²) in [5.41, 5.74) is 0.562. The number of rotatable bonds is 2. The average molecular weight is 255 g/mol. The lowest BCUT2D eigenvalue weighted by atomic mass is 10.2. The van der Waals surface area contributed by atoms with Crippen molar-refractivity contribution in [2.45, 2.75) is 19.9 Å². The molecule has 1 aromatic carbocycles. The van der Waals surface area contributed by atoms with Gasteiger partial charge in [-0.25, -0.2) is 4.39 Å². The Morgan fingerprint density at radius 3 is 2.76 bits per heavy atom. The number of H-pyrrole nitrogens is 1. The molecule has 0 spiro atoms. The summed E-state index contributed by atoms with van der Waals surface area (Å²) in [6.07, 6.45) is 0. The molecule has 0 atom stereocenters. The van der Waals surface area contributed by atoms with Crippen LogP contribution in [0.1, 0.15) is 24.3 Å². The molecule has 1 heterocycles. The summed E-state index contributed by atoms with van der Waals surface area (Å²) >= 11 is 5.93. The van der Waals surface area contributed by atoms with Gasteiger partial charge in [0.1, 0.15) is 11.5 Å². The third-order valence-corrected chi connectivity index (χ3v) is 2.68. The molecule has 2 rings (SSSR count). The quantitative estimate of drug-likeness (QED) is 0.850. The molecule has 0 radical (unpaired) electrons. The fourth-order valence-corrected chi connectivity index (χ4v) is 1.83. The molecular formula is C12H12ClFN2O. The summed E-state index contributed by atoms with van der Waals surface area (Å²) < 4.78 is 13.5. The normalized spacial score (nSPS) is 11.1. The van der Waals surface area contributed by atoms with Gasteiger partial charge in [-0.1, -0.05) is 11.6 Å². The molecule has 0 unspecified atom stereocenters. The summed E-state index contributed by atoms with van der Waals surface area (Å²) in [6, 6.07) is 4.32. The first kappa shape index (κ1) is 11.9. The summed E-state index contributed by atoms with van der Waals surface area (Å²) in [6.45, 7) is 3.71. The van der Waals surface area contributed by atoms with Gasteiger partial charge in [-0.3, -0.25) is 4.79 Å². The largest absolute Gasteiger partial charge is 0.349 e. The second kappa shape index (κ2) is 4.37. The first-order valence-electron chi connectivity index (χ1n) is 5.26. The maximum atomic E-state index is 13.5. The molecule has 0 bridgehead atoms. The molecule has 0 fully saturated rings. The smallest absolute Gasteiger partial charge is 0.267 e. The third kappa shape index (κ3) is 2.26. The third-order valence-electron chi connectivity index (χ3n) is 2.35. The van der Waals surface area contributed by atoms with Crippen molar-refractivity contribution < 1.29 is 9.18 Å². The van der Waals surface area contributed by atoms with Crippen LogP contribution in [0.25, 0.3) is 10.9 Å². The number of carbonyl (C=O) groups is 1. The van der Waals surface area contributed by atoms with Crippen LogP contribution in [0.4, 0.5) is 4.39 Å². The van der Waals surface area contributed by atoms with E-state index in [0.29, 0.717) is 16.1 Å². The van der Waals surface area contributed by atoms with Gasteiger partial charge in [0.2, 0.25) is 0 Å². The van der Waals surface area contributed by atoms with E-state index >= 15 is 0 Å². The fourth-order valence-electron chi connectivity index (χ4n) is 1.61. The molecule has 1 amide bonds.